The van der Waals surface area contributed by atoms with Crippen LogP contribution in [-0.4, -0.2) is 47.4 Å². The Labute approximate surface area is 450 Å². The predicted molar refractivity (Wildman–Crippen MR) is 315 cm³/mol. The molecule has 3 N–H and O–H groups in total. The van der Waals surface area contributed by atoms with E-state index in [-0.39, 0.29) is 18.5 Å². The van der Waals surface area contributed by atoms with Gasteiger partial charge in [0.2, 0.25) is 5.91 Å². The van der Waals surface area contributed by atoms with Crippen LogP contribution in [0.2, 0.25) is 0 Å². The standard InChI is InChI=1S/C66H127NO5/c1-3-5-7-9-11-13-15-16-17-18-26-30-33-36-40-44-48-52-56-60-66(71)72-61-57-53-49-45-41-37-34-31-28-25-23-21-19-20-22-24-27-29-32-35-39-43-47-51-55-59-65(70)67-63(62-68)64(69)58-54-50-46-42-38-14-12-10-8-6-4-2/h11,13,16-17,63-64,68-69H,3-10,12,14-15,18-62H2,1-2H3,(H,67,70)/b13-11-,17-16-. The first kappa shape index (κ1) is 70.3. The van der Waals surface area contributed by atoms with E-state index >= 15 is 0 Å². The molecule has 0 fully saturated rings. The molecule has 2 atom stereocenters. The largest absolute Gasteiger partial charge is 0.466 e. The van der Waals surface area contributed by atoms with Crippen LogP contribution < -0.4 is 5.32 Å². The van der Waals surface area contributed by atoms with Crippen molar-refractivity contribution >= 4 is 11.9 Å². The molecule has 0 aliphatic carbocycles. The van der Waals surface area contributed by atoms with Crippen LogP contribution in [0, 0.1) is 0 Å². The van der Waals surface area contributed by atoms with Gasteiger partial charge in [0.1, 0.15) is 0 Å². The summed E-state index contributed by atoms with van der Waals surface area (Å²) < 4.78 is 5.50. The van der Waals surface area contributed by atoms with E-state index in [1.807, 2.05) is 0 Å². The van der Waals surface area contributed by atoms with Crippen molar-refractivity contribution in [2.24, 2.45) is 0 Å². The zero-order chi connectivity index (χ0) is 52.2. The van der Waals surface area contributed by atoms with Crippen molar-refractivity contribution in [2.45, 2.75) is 373 Å². The summed E-state index contributed by atoms with van der Waals surface area (Å²) in [5, 5.41) is 23.2. The van der Waals surface area contributed by atoms with Gasteiger partial charge in [-0.1, -0.05) is 314 Å². The number of amides is 1. The molecule has 0 saturated heterocycles. The number of hydrogen-bond donors (Lipinski definition) is 3. The Bertz CT molecular complexity index is 1120. The first-order chi connectivity index (χ1) is 35.5. The van der Waals surface area contributed by atoms with Gasteiger partial charge in [0, 0.05) is 12.8 Å². The average Bonchev–Trinajstić information content (AvgIpc) is 3.38. The number of rotatable bonds is 61. The first-order valence-electron chi connectivity index (χ1n) is 32.6. The van der Waals surface area contributed by atoms with E-state index in [1.165, 1.54) is 276 Å². The number of carbonyl (C=O) groups excluding carboxylic acids is 2. The first-order valence-corrected chi connectivity index (χ1v) is 32.6. The van der Waals surface area contributed by atoms with Crippen molar-refractivity contribution < 1.29 is 24.5 Å². The Balaban J connectivity index is 3.32. The summed E-state index contributed by atoms with van der Waals surface area (Å²) in [5.74, 6) is -0.0198. The van der Waals surface area contributed by atoms with Crippen LogP contribution in [-0.2, 0) is 14.3 Å². The van der Waals surface area contributed by atoms with E-state index in [0.29, 0.717) is 25.9 Å². The van der Waals surface area contributed by atoms with Gasteiger partial charge in [-0.25, -0.2) is 0 Å². The van der Waals surface area contributed by atoms with Gasteiger partial charge in [-0.3, -0.25) is 9.59 Å². The maximum Gasteiger partial charge on any atom is 0.305 e. The summed E-state index contributed by atoms with van der Waals surface area (Å²) >= 11 is 0. The quantitative estimate of drug-likeness (QED) is 0.0320. The molecule has 0 aromatic rings. The van der Waals surface area contributed by atoms with Gasteiger partial charge in [0.05, 0.1) is 25.4 Å². The monoisotopic (exact) mass is 1010 g/mol. The number of carbonyl (C=O) groups is 2. The van der Waals surface area contributed by atoms with Gasteiger partial charge < -0.3 is 20.3 Å². The molecule has 1 amide bonds. The van der Waals surface area contributed by atoms with Gasteiger partial charge in [0.25, 0.3) is 0 Å². The Morgan fingerprint density at radius 1 is 0.389 bits per heavy atom. The molecule has 0 aliphatic rings. The zero-order valence-electron chi connectivity index (χ0n) is 48.7. The van der Waals surface area contributed by atoms with Crippen molar-refractivity contribution in [3.05, 3.63) is 24.3 Å². The molecule has 0 bridgehead atoms. The summed E-state index contributed by atoms with van der Waals surface area (Å²) in [7, 11) is 0. The highest BCUT2D eigenvalue weighted by molar-refractivity contribution is 5.76. The molecule has 0 radical (unpaired) electrons. The number of allylic oxidation sites excluding steroid dienone is 4. The number of nitrogens with one attached hydrogen (secondary N) is 1. The third-order valence-corrected chi connectivity index (χ3v) is 15.3. The van der Waals surface area contributed by atoms with Gasteiger partial charge in [-0.2, -0.15) is 0 Å². The van der Waals surface area contributed by atoms with Gasteiger partial charge >= 0.3 is 5.97 Å². The van der Waals surface area contributed by atoms with Crippen molar-refractivity contribution in [3.63, 3.8) is 0 Å². The molecular weight excluding hydrogens is 887 g/mol. The topological polar surface area (TPSA) is 95.9 Å². The van der Waals surface area contributed by atoms with Crippen LogP contribution in [0.5, 0.6) is 0 Å². The number of unbranched alkanes of at least 4 members (excludes halogenated alkanes) is 46. The molecule has 2 unspecified atom stereocenters. The Morgan fingerprint density at radius 2 is 0.694 bits per heavy atom. The van der Waals surface area contributed by atoms with Crippen molar-refractivity contribution in [2.75, 3.05) is 13.2 Å². The normalized spacial score (nSPS) is 12.7. The highest BCUT2D eigenvalue weighted by atomic mass is 16.5. The molecule has 426 valence electrons. The fourth-order valence-electron chi connectivity index (χ4n) is 10.3. The van der Waals surface area contributed by atoms with Crippen molar-refractivity contribution in [1.82, 2.24) is 5.32 Å². The lowest BCUT2D eigenvalue weighted by atomic mass is 10.0. The Kier molecular flexibility index (Phi) is 60.5. The maximum atomic E-state index is 12.5. The van der Waals surface area contributed by atoms with Gasteiger partial charge in [-0.15, -0.1) is 0 Å². The minimum absolute atomic E-state index is 0.0131. The molecule has 0 aromatic carbocycles. The number of ether oxygens (including phenoxy) is 1. The van der Waals surface area contributed by atoms with E-state index in [4.69, 9.17) is 4.74 Å². The lowest BCUT2D eigenvalue weighted by molar-refractivity contribution is -0.143. The maximum absolute atomic E-state index is 12.5. The lowest BCUT2D eigenvalue weighted by Gasteiger charge is -2.22. The third kappa shape index (κ3) is 57.6. The van der Waals surface area contributed by atoms with Crippen LogP contribution in [0.15, 0.2) is 24.3 Å². The van der Waals surface area contributed by atoms with Crippen LogP contribution >= 0.6 is 0 Å². The van der Waals surface area contributed by atoms with Gasteiger partial charge in [0.15, 0.2) is 0 Å². The molecule has 0 aliphatic heterocycles. The molecule has 0 aromatic heterocycles. The molecule has 72 heavy (non-hydrogen) atoms. The molecular formula is C66H127NO5. The second kappa shape index (κ2) is 61.9. The molecule has 0 spiro atoms. The van der Waals surface area contributed by atoms with E-state index in [1.54, 1.807) is 0 Å². The highest BCUT2D eigenvalue weighted by Crippen LogP contribution is 2.18. The summed E-state index contributed by atoms with van der Waals surface area (Å²) in [6.45, 7) is 4.94. The highest BCUT2D eigenvalue weighted by Gasteiger charge is 2.20. The smallest absolute Gasteiger partial charge is 0.305 e. The van der Waals surface area contributed by atoms with Crippen LogP contribution in [0.4, 0.5) is 0 Å². The summed E-state index contributed by atoms with van der Waals surface area (Å²) in [6, 6.07) is -0.538. The minimum Gasteiger partial charge on any atom is -0.466 e. The van der Waals surface area contributed by atoms with Crippen LogP contribution in [0.1, 0.15) is 361 Å². The SMILES string of the molecule is CCCCC/C=C\C/C=C\CCCCCCCCCCCC(=O)OCCCCCCCCCCCCCCCCCCCCCCCCCCCC(=O)NC(CO)C(O)CCCCCCCCCCCCC. The van der Waals surface area contributed by atoms with E-state index in [0.717, 1.165) is 51.4 Å². The third-order valence-electron chi connectivity index (χ3n) is 15.3. The van der Waals surface area contributed by atoms with Crippen molar-refractivity contribution in [1.29, 1.82) is 0 Å². The second-order valence-electron chi connectivity index (χ2n) is 22.5. The molecule has 6 nitrogen and oxygen atoms in total. The lowest BCUT2D eigenvalue weighted by Crippen LogP contribution is -2.45. The summed E-state index contributed by atoms with van der Waals surface area (Å²) in [6.07, 6.45) is 76.4. The van der Waals surface area contributed by atoms with E-state index in [9.17, 15) is 19.8 Å². The summed E-state index contributed by atoms with van der Waals surface area (Å²) in [4.78, 5) is 24.6. The molecule has 0 heterocycles. The Morgan fingerprint density at radius 3 is 1.08 bits per heavy atom. The van der Waals surface area contributed by atoms with Crippen LogP contribution in [0.3, 0.4) is 0 Å². The summed E-state index contributed by atoms with van der Waals surface area (Å²) in [5.41, 5.74) is 0. The second-order valence-corrected chi connectivity index (χ2v) is 22.5. The number of aliphatic hydroxyl groups excluding tert-OH is 2. The van der Waals surface area contributed by atoms with Gasteiger partial charge in [-0.05, 0) is 57.8 Å². The molecule has 0 saturated carbocycles. The van der Waals surface area contributed by atoms with E-state index < -0.39 is 12.1 Å². The predicted octanol–water partition coefficient (Wildman–Crippen LogP) is 20.6. The number of hydrogen-bond acceptors (Lipinski definition) is 5. The zero-order valence-corrected chi connectivity index (χ0v) is 48.7. The van der Waals surface area contributed by atoms with Crippen LogP contribution in [0.25, 0.3) is 0 Å². The van der Waals surface area contributed by atoms with E-state index in [2.05, 4.69) is 43.5 Å². The fourth-order valence-corrected chi connectivity index (χ4v) is 10.3. The fraction of sp³-hybridized carbons (Fsp3) is 0.909. The van der Waals surface area contributed by atoms with Crippen molar-refractivity contribution in [3.8, 4) is 0 Å². The molecule has 0 rings (SSSR count). The number of esters is 1. The minimum atomic E-state index is -0.661. The Hall–Kier alpha value is -1.66. The average molecular weight is 1010 g/mol. The molecule has 6 heteroatoms. The number of aliphatic hydroxyl groups is 2.